The summed E-state index contributed by atoms with van der Waals surface area (Å²) in [6.07, 6.45) is 3.31. The molecule has 0 fully saturated rings. The predicted octanol–water partition coefficient (Wildman–Crippen LogP) is 5.70. The van der Waals surface area contributed by atoms with E-state index < -0.39 is 11.9 Å². The summed E-state index contributed by atoms with van der Waals surface area (Å²) in [6, 6.07) is 18.5. The van der Waals surface area contributed by atoms with E-state index in [1.54, 1.807) is 12.1 Å². The van der Waals surface area contributed by atoms with E-state index >= 15 is 0 Å². The number of unbranched alkanes of at least 4 members (excludes halogenated alkanes) is 1. The van der Waals surface area contributed by atoms with Gasteiger partial charge in [0.2, 0.25) is 0 Å². The van der Waals surface area contributed by atoms with Crippen LogP contribution in [0.2, 0.25) is 5.02 Å². The summed E-state index contributed by atoms with van der Waals surface area (Å²) >= 11 is 8.92. The minimum absolute atomic E-state index is 0.136. The molecule has 0 atom stereocenters. The molecule has 0 spiro atoms. The molecule has 3 aromatic carbocycles. The molecule has 0 saturated heterocycles. The van der Waals surface area contributed by atoms with Crippen molar-refractivity contribution in [2.24, 2.45) is 0 Å². The van der Waals surface area contributed by atoms with Crippen LogP contribution in [0.25, 0.3) is 0 Å². The lowest BCUT2D eigenvalue weighted by molar-refractivity contribution is 0.0696. The number of hydrogen-bond acceptors (Lipinski definition) is 6. The number of aromatic carboxylic acids is 1. The molecule has 0 heterocycles. The predicted molar refractivity (Wildman–Crippen MR) is 130 cm³/mol. The molecular formula is C24H23ClN2O5S. The number of aryl methyl sites for hydroxylation is 1. The number of carbonyl (C=O) groups is 2. The van der Waals surface area contributed by atoms with Gasteiger partial charge in [0.25, 0.3) is 5.91 Å². The van der Waals surface area contributed by atoms with Crippen LogP contribution < -0.4 is 15.6 Å². The summed E-state index contributed by atoms with van der Waals surface area (Å²) in [7, 11) is 0. The van der Waals surface area contributed by atoms with Gasteiger partial charge in [0, 0.05) is 10.7 Å². The van der Waals surface area contributed by atoms with Crippen LogP contribution in [-0.4, -0.2) is 21.2 Å². The SMILES string of the molecule is CCCCc1ccc(ONc2ccc(Cl)cc2C(=O)Nc2ccc(C(=O)O)cc2)cc1.O=S. The number of amides is 1. The fraction of sp³-hybridized carbons (Fsp3) is 0.167. The van der Waals surface area contributed by atoms with Crippen LogP contribution in [0.1, 0.15) is 46.0 Å². The molecule has 0 unspecified atom stereocenters. The summed E-state index contributed by atoms with van der Waals surface area (Å²) in [6.45, 7) is 2.16. The van der Waals surface area contributed by atoms with Gasteiger partial charge in [-0.25, -0.2) is 10.3 Å². The van der Waals surface area contributed by atoms with Crippen LogP contribution in [0.15, 0.2) is 66.7 Å². The van der Waals surface area contributed by atoms with E-state index in [0.717, 1.165) is 19.3 Å². The lowest BCUT2D eigenvalue weighted by Gasteiger charge is -2.14. The van der Waals surface area contributed by atoms with E-state index in [2.05, 4.69) is 30.3 Å². The summed E-state index contributed by atoms with van der Waals surface area (Å²) in [4.78, 5) is 29.4. The number of anilines is 2. The maximum absolute atomic E-state index is 12.8. The van der Waals surface area contributed by atoms with Gasteiger partial charge < -0.3 is 15.3 Å². The molecular weight excluding hydrogens is 464 g/mol. The minimum atomic E-state index is -1.03. The first-order chi connectivity index (χ1) is 16.0. The molecule has 0 aliphatic rings. The van der Waals surface area contributed by atoms with E-state index in [1.165, 1.54) is 35.9 Å². The number of hydrogen-bond donors (Lipinski definition) is 3. The van der Waals surface area contributed by atoms with Gasteiger partial charge in [-0.3, -0.25) is 4.79 Å². The van der Waals surface area contributed by atoms with Crippen LogP contribution in [0.5, 0.6) is 5.75 Å². The average Bonchev–Trinajstić information content (AvgIpc) is 2.84. The number of benzene rings is 3. The van der Waals surface area contributed by atoms with Crippen molar-refractivity contribution in [3.05, 3.63) is 88.4 Å². The van der Waals surface area contributed by atoms with Crippen molar-refractivity contribution in [1.82, 2.24) is 0 Å². The largest absolute Gasteiger partial charge is 0.478 e. The number of halogens is 1. The Kier molecular flexibility index (Phi) is 10.3. The average molecular weight is 487 g/mol. The molecule has 0 aliphatic heterocycles. The fourth-order valence-corrected chi connectivity index (χ4v) is 3.08. The zero-order valence-corrected chi connectivity index (χ0v) is 19.4. The highest BCUT2D eigenvalue weighted by molar-refractivity contribution is 7.44. The van der Waals surface area contributed by atoms with Crippen LogP contribution in [0.3, 0.4) is 0 Å². The summed E-state index contributed by atoms with van der Waals surface area (Å²) < 4.78 is 7.83. The topological polar surface area (TPSA) is 105 Å². The monoisotopic (exact) mass is 486 g/mol. The van der Waals surface area contributed by atoms with Crippen molar-refractivity contribution in [2.45, 2.75) is 26.2 Å². The molecule has 3 N–H and O–H groups in total. The Morgan fingerprint density at radius 3 is 2.27 bits per heavy atom. The molecule has 7 nitrogen and oxygen atoms in total. The van der Waals surface area contributed by atoms with E-state index in [0.29, 0.717) is 22.1 Å². The fourth-order valence-electron chi connectivity index (χ4n) is 2.91. The highest BCUT2D eigenvalue weighted by atomic mass is 35.5. The van der Waals surface area contributed by atoms with Gasteiger partial charge in [-0.2, -0.15) is 4.21 Å². The number of carbonyl (C=O) groups excluding carboxylic acids is 1. The first kappa shape index (κ1) is 25.8. The van der Waals surface area contributed by atoms with E-state index in [-0.39, 0.29) is 11.1 Å². The van der Waals surface area contributed by atoms with Gasteiger partial charge in [-0.05, 0) is 73.0 Å². The van der Waals surface area contributed by atoms with E-state index in [1.807, 2.05) is 24.3 Å². The molecule has 172 valence electrons. The van der Waals surface area contributed by atoms with Gasteiger partial charge in [0.05, 0.1) is 16.8 Å². The minimum Gasteiger partial charge on any atom is -0.478 e. The van der Waals surface area contributed by atoms with Crippen molar-refractivity contribution < 1.29 is 23.7 Å². The van der Waals surface area contributed by atoms with Crippen LogP contribution in [0, 0.1) is 0 Å². The Bertz CT molecular complexity index is 1080. The van der Waals surface area contributed by atoms with Crippen LogP contribution >= 0.6 is 11.6 Å². The van der Waals surface area contributed by atoms with Gasteiger partial charge in [0.15, 0.2) is 18.3 Å². The molecule has 0 aromatic heterocycles. The Hall–Kier alpha value is -3.49. The molecule has 3 rings (SSSR count). The van der Waals surface area contributed by atoms with Gasteiger partial charge >= 0.3 is 5.97 Å². The van der Waals surface area contributed by atoms with Crippen molar-refractivity contribution in [3.8, 4) is 5.75 Å². The normalized spacial score (nSPS) is 9.88. The van der Waals surface area contributed by atoms with Crippen LogP contribution in [0.4, 0.5) is 11.4 Å². The highest BCUT2D eigenvalue weighted by Gasteiger charge is 2.14. The molecule has 9 heteroatoms. The second kappa shape index (κ2) is 13.1. The Morgan fingerprint density at radius 1 is 1.00 bits per heavy atom. The van der Waals surface area contributed by atoms with Crippen LogP contribution in [-0.2, 0) is 19.0 Å². The summed E-state index contributed by atoms with van der Waals surface area (Å²) in [5.41, 5.74) is 5.39. The molecule has 3 aromatic rings. The lowest BCUT2D eigenvalue weighted by Crippen LogP contribution is -2.16. The van der Waals surface area contributed by atoms with Crippen molar-refractivity contribution in [1.29, 1.82) is 0 Å². The first-order valence-electron chi connectivity index (χ1n) is 10.1. The number of carboxylic acid groups (broad SMARTS) is 1. The molecule has 1 amide bonds. The third kappa shape index (κ3) is 7.85. The maximum atomic E-state index is 12.8. The number of nitrogens with one attached hydrogen (secondary N) is 2. The molecule has 33 heavy (non-hydrogen) atoms. The quantitative estimate of drug-likeness (QED) is 0.333. The summed E-state index contributed by atoms with van der Waals surface area (Å²) in [5.74, 6) is -0.827. The molecule has 0 saturated carbocycles. The standard InChI is InChI=1S/C24H23ClN2O4.OS/c1-2-3-4-16-5-12-20(13-6-16)31-27-22-14-9-18(25)15-21(22)23(28)26-19-10-7-17(8-11-19)24(29)30;1-2/h5-15,27H,2-4H2,1H3,(H,26,28)(H,29,30);. The Morgan fingerprint density at radius 2 is 1.67 bits per heavy atom. The molecule has 0 aliphatic carbocycles. The zero-order chi connectivity index (χ0) is 24.2. The number of rotatable bonds is 9. The van der Waals surface area contributed by atoms with Gasteiger partial charge in [-0.15, -0.1) is 0 Å². The van der Waals surface area contributed by atoms with E-state index in [4.69, 9.17) is 25.8 Å². The number of carboxylic acids is 1. The molecule has 0 bridgehead atoms. The lowest BCUT2D eigenvalue weighted by atomic mass is 10.1. The second-order valence-electron chi connectivity index (χ2n) is 6.98. The van der Waals surface area contributed by atoms with Crippen molar-refractivity contribution in [2.75, 3.05) is 10.8 Å². The first-order valence-corrected chi connectivity index (χ1v) is 10.8. The second-order valence-corrected chi connectivity index (χ2v) is 7.41. The Labute approximate surface area is 202 Å². The zero-order valence-electron chi connectivity index (χ0n) is 17.8. The van der Waals surface area contributed by atoms with Gasteiger partial charge in [0.1, 0.15) is 0 Å². The smallest absolute Gasteiger partial charge is 0.335 e. The van der Waals surface area contributed by atoms with Gasteiger partial charge in [-0.1, -0.05) is 37.1 Å². The van der Waals surface area contributed by atoms with Crippen molar-refractivity contribution >= 4 is 47.4 Å². The molecule has 0 radical (unpaired) electrons. The third-order valence-electron chi connectivity index (χ3n) is 4.64. The summed E-state index contributed by atoms with van der Waals surface area (Å²) in [5, 5.41) is 12.1. The third-order valence-corrected chi connectivity index (χ3v) is 4.87. The van der Waals surface area contributed by atoms with Crippen molar-refractivity contribution in [3.63, 3.8) is 0 Å². The maximum Gasteiger partial charge on any atom is 0.335 e. The Balaban J connectivity index is 0.00000187. The van der Waals surface area contributed by atoms with E-state index in [9.17, 15) is 9.59 Å². The highest BCUT2D eigenvalue weighted by Crippen LogP contribution is 2.23.